The Labute approximate surface area is 122 Å². The lowest BCUT2D eigenvalue weighted by atomic mass is 10.0. The average molecular weight is 277 g/mol. The first-order valence-corrected chi connectivity index (χ1v) is 7.51. The molecule has 0 aromatic heterocycles. The van der Waals surface area contributed by atoms with E-state index in [-0.39, 0.29) is 6.04 Å². The summed E-state index contributed by atoms with van der Waals surface area (Å²) in [6.07, 6.45) is 0. The molecule has 0 unspecified atom stereocenters. The molecule has 1 saturated heterocycles. The van der Waals surface area contributed by atoms with E-state index in [0.29, 0.717) is 17.7 Å². The SMILES string of the molecule is CC(C)[C@@H](N)CN1CCN(c2cccc(O)c2)[C@@H](C)C1. The fraction of sp³-hybridized carbons (Fsp3) is 0.625. The van der Waals surface area contributed by atoms with Crippen molar-refractivity contribution in [2.24, 2.45) is 11.7 Å². The zero-order valence-electron chi connectivity index (χ0n) is 12.8. The lowest BCUT2D eigenvalue weighted by Crippen LogP contribution is -2.55. The van der Waals surface area contributed by atoms with Crippen LogP contribution in [0, 0.1) is 5.92 Å². The lowest BCUT2D eigenvalue weighted by Gasteiger charge is -2.42. The molecule has 2 atom stereocenters. The van der Waals surface area contributed by atoms with E-state index in [1.54, 1.807) is 6.07 Å². The van der Waals surface area contributed by atoms with Crippen molar-refractivity contribution in [3.8, 4) is 5.75 Å². The maximum atomic E-state index is 9.61. The van der Waals surface area contributed by atoms with Crippen LogP contribution in [-0.2, 0) is 0 Å². The van der Waals surface area contributed by atoms with Gasteiger partial charge in [0, 0.05) is 50.0 Å². The third-order valence-corrected chi connectivity index (χ3v) is 4.20. The van der Waals surface area contributed by atoms with Crippen molar-refractivity contribution < 1.29 is 5.11 Å². The summed E-state index contributed by atoms with van der Waals surface area (Å²) in [6.45, 7) is 10.6. The minimum Gasteiger partial charge on any atom is -0.508 e. The summed E-state index contributed by atoms with van der Waals surface area (Å²) in [7, 11) is 0. The predicted octanol–water partition coefficient (Wildman–Crippen LogP) is 1.89. The second-order valence-corrected chi connectivity index (χ2v) is 6.23. The third kappa shape index (κ3) is 3.64. The van der Waals surface area contributed by atoms with Crippen molar-refractivity contribution in [1.82, 2.24) is 4.90 Å². The number of aromatic hydroxyl groups is 1. The molecule has 0 radical (unpaired) electrons. The number of benzene rings is 1. The molecule has 0 saturated carbocycles. The lowest BCUT2D eigenvalue weighted by molar-refractivity contribution is 0.203. The van der Waals surface area contributed by atoms with E-state index in [1.165, 1.54) is 0 Å². The first kappa shape index (κ1) is 15.1. The summed E-state index contributed by atoms with van der Waals surface area (Å²) < 4.78 is 0. The van der Waals surface area contributed by atoms with Gasteiger partial charge in [0.25, 0.3) is 0 Å². The van der Waals surface area contributed by atoms with E-state index in [9.17, 15) is 5.11 Å². The second-order valence-electron chi connectivity index (χ2n) is 6.23. The standard InChI is InChI=1S/C16H27N3O/c1-12(2)16(17)11-18-7-8-19(13(3)10-18)14-5-4-6-15(20)9-14/h4-6,9,12-13,16,20H,7-8,10-11,17H2,1-3H3/t13-,16-/m0/s1. The molecule has 4 nitrogen and oxygen atoms in total. The van der Waals surface area contributed by atoms with Crippen LogP contribution in [0.4, 0.5) is 5.69 Å². The highest BCUT2D eigenvalue weighted by molar-refractivity contribution is 5.51. The van der Waals surface area contributed by atoms with Crippen LogP contribution in [0.1, 0.15) is 20.8 Å². The molecule has 0 aliphatic carbocycles. The Kier molecular flexibility index (Phi) is 4.89. The van der Waals surface area contributed by atoms with Gasteiger partial charge < -0.3 is 15.7 Å². The van der Waals surface area contributed by atoms with E-state index in [2.05, 4.69) is 36.6 Å². The summed E-state index contributed by atoms with van der Waals surface area (Å²) >= 11 is 0. The van der Waals surface area contributed by atoms with Gasteiger partial charge in [-0.2, -0.15) is 0 Å². The van der Waals surface area contributed by atoms with Gasteiger partial charge in [0.15, 0.2) is 0 Å². The molecule has 0 bridgehead atoms. The summed E-state index contributed by atoms with van der Waals surface area (Å²) in [5.41, 5.74) is 7.27. The molecule has 1 aromatic rings. The van der Waals surface area contributed by atoms with Crippen LogP contribution in [0.5, 0.6) is 5.75 Å². The molecule has 1 aromatic carbocycles. The van der Waals surface area contributed by atoms with Gasteiger partial charge in [-0.15, -0.1) is 0 Å². The molecule has 1 aliphatic heterocycles. The van der Waals surface area contributed by atoms with Crippen LogP contribution in [0.15, 0.2) is 24.3 Å². The van der Waals surface area contributed by atoms with Crippen molar-refractivity contribution in [1.29, 1.82) is 0 Å². The topological polar surface area (TPSA) is 52.7 Å². The average Bonchev–Trinajstić information content (AvgIpc) is 2.38. The zero-order valence-corrected chi connectivity index (χ0v) is 12.8. The monoisotopic (exact) mass is 277 g/mol. The number of nitrogens with two attached hydrogens (primary N) is 1. The van der Waals surface area contributed by atoms with Crippen LogP contribution in [0.25, 0.3) is 0 Å². The molecule has 1 heterocycles. The van der Waals surface area contributed by atoms with Crippen LogP contribution >= 0.6 is 0 Å². The Morgan fingerprint density at radius 2 is 2.10 bits per heavy atom. The van der Waals surface area contributed by atoms with Crippen LogP contribution < -0.4 is 10.6 Å². The maximum Gasteiger partial charge on any atom is 0.117 e. The van der Waals surface area contributed by atoms with Crippen LogP contribution in [0.2, 0.25) is 0 Å². The third-order valence-electron chi connectivity index (χ3n) is 4.20. The summed E-state index contributed by atoms with van der Waals surface area (Å²) in [4.78, 5) is 4.81. The molecule has 0 amide bonds. The van der Waals surface area contributed by atoms with E-state index < -0.39 is 0 Å². The van der Waals surface area contributed by atoms with Gasteiger partial charge in [-0.05, 0) is 25.0 Å². The molecule has 1 fully saturated rings. The van der Waals surface area contributed by atoms with Gasteiger partial charge in [-0.3, -0.25) is 4.90 Å². The number of rotatable bonds is 4. The number of anilines is 1. The van der Waals surface area contributed by atoms with Crippen LogP contribution in [0.3, 0.4) is 0 Å². The number of hydrogen-bond donors (Lipinski definition) is 2. The molecular formula is C16H27N3O. The van der Waals surface area contributed by atoms with Gasteiger partial charge in [-0.1, -0.05) is 19.9 Å². The predicted molar refractivity (Wildman–Crippen MR) is 84.2 cm³/mol. The van der Waals surface area contributed by atoms with Crippen molar-refractivity contribution in [2.75, 3.05) is 31.1 Å². The molecule has 1 aliphatic rings. The minimum absolute atomic E-state index is 0.245. The Hall–Kier alpha value is -1.26. The number of piperazine rings is 1. The Morgan fingerprint density at radius 1 is 1.35 bits per heavy atom. The number of phenols is 1. The summed E-state index contributed by atoms with van der Waals surface area (Å²) in [5, 5.41) is 9.61. The minimum atomic E-state index is 0.245. The number of nitrogens with zero attached hydrogens (tertiary/aromatic N) is 2. The van der Waals surface area contributed by atoms with Crippen molar-refractivity contribution in [3.05, 3.63) is 24.3 Å². The molecule has 20 heavy (non-hydrogen) atoms. The molecule has 4 heteroatoms. The van der Waals surface area contributed by atoms with Gasteiger partial charge in [0.2, 0.25) is 0 Å². The highest BCUT2D eigenvalue weighted by Gasteiger charge is 2.25. The molecule has 3 N–H and O–H groups in total. The fourth-order valence-electron chi connectivity index (χ4n) is 2.76. The smallest absolute Gasteiger partial charge is 0.117 e. The van der Waals surface area contributed by atoms with Gasteiger partial charge in [0.05, 0.1) is 0 Å². The van der Waals surface area contributed by atoms with E-state index in [0.717, 1.165) is 31.9 Å². The second kappa shape index (κ2) is 6.46. The first-order chi connectivity index (χ1) is 9.47. The quantitative estimate of drug-likeness (QED) is 0.882. The van der Waals surface area contributed by atoms with E-state index in [4.69, 9.17) is 5.73 Å². The van der Waals surface area contributed by atoms with Gasteiger partial charge in [-0.25, -0.2) is 0 Å². The number of hydrogen-bond acceptors (Lipinski definition) is 4. The maximum absolute atomic E-state index is 9.61. The highest BCUT2D eigenvalue weighted by Crippen LogP contribution is 2.24. The Morgan fingerprint density at radius 3 is 2.70 bits per heavy atom. The fourth-order valence-corrected chi connectivity index (χ4v) is 2.76. The van der Waals surface area contributed by atoms with Crippen molar-refractivity contribution in [3.63, 3.8) is 0 Å². The van der Waals surface area contributed by atoms with Crippen LogP contribution in [-0.4, -0.2) is 48.3 Å². The van der Waals surface area contributed by atoms with E-state index >= 15 is 0 Å². The summed E-state index contributed by atoms with van der Waals surface area (Å²) in [5.74, 6) is 0.855. The normalized spacial score (nSPS) is 22.2. The van der Waals surface area contributed by atoms with Gasteiger partial charge >= 0.3 is 0 Å². The Bertz CT molecular complexity index is 435. The molecule has 112 valence electrons. The first-order valence-electron chi connectivity index (χ1n) is 7.51. The van der Waals surface area contributed by atoms with Gasteiger partial charge in [0.1, 0.15) is 5.75 Å². The Balaban J connectivity index is 1.96. The van der Waals surface area contributed by atoms with Crippen molar-refractivity contribution >= 4 is 5.69 Å². The van der Waals surface area contributed by atoms with E-state index in [1.807, 2.05) is 12.1 Å². The highest BCUT2D eigenvalue weighted by atomic mass is 16.3. The largest absolute Gasteiger partial charge is 0.508 e. The zero-order chi connectivity index (χ0) is 14.7. The molecular weight excluding hydrogens is 250 g/mol. The molecule has 2 rings (SSSR count). The summed E-state index contributed by atoms with van der Waals surface area (Å²) in [6, 6.07) is 8.20. The molecule has 0 spiro atoms. The number of phenolic OH excluding ortho intramolecular Hbond substituents is 1. The van der Waals surface area contributed by atoms with Crippen molar-refractivity contribution in [2.45, 2.75) is 32.9 Å².